The van der Waals surface area contributed by atoms with Crippen LogP contribution in [0.5, 0.6) is 11.5 Å². The van der Waals surface area contributed by atoms with Gasteiger partial charge in [-0.05, 0) is 47.6 Å². The van der Waals surface area contributed by atoms with E-state index in [9.17, 15) is 0 Å². The van der Waals surface area contributed by atoms with Crippen molar-refractivity contribution in [1.82, 2.24) is 10.7 Å². The number of hydrogen-bond donors (Lipinski definition) is 2. The smallest absolute Gasteiger partial charge is 0.231 e. The molecule has 23 heavy (non-hydrogen) atoms. The van der Waals surface area contributed by atoms with E-state index >= 15 is 0 Å². The molecule has 0 fully saturated rings. The first kappa shape index (κ1) is 15.8. The highest BCUT2D eigenvalue weighted by atomic mass is 79.9. The number of rotatable bonds is 4. The summed E-state index contributed by atoms with van der Waals surface area (Å²) in [5.74, 6) is 1.53. The largest absolute Gasteiger partial charge is 0.454 e. The minimum atomic E-state index is 0.274. The van der Waals surface area contributed by atoms with Crippen molar-refractivity contribution in [2.45, 2.75) is 6.54 Å². The van der Waals surface area contributed by atoms with Crippen LogP contribution in [0, 0.1) is 0 Å². The van der Waals surface area contributed by atoms with Crippen molar-refractivity contribution in [3.63, 3.8) is 0 Å². The van der Waals surface area contributed by atoms with Crippen LogP contribution in [0.15, 0.2) is 52.0 Å². The molecule has 5 nitrogen and oxygen atoms in total. The summed E-state index contributed by atoms with van der Waals surface area (Å²) in [6, 6.07) is 13.6. The number of nitrogens with zero attached hydrogens (tertiary/aromatic N) is 1. The average molecular weight is 392 g/mol. The third-order valence-corrected chi connectivity index (χ3v) is 3.85. The predicted octanol–water partition coefficient (Wildman–Crippen LogP) is 3.18. The van der Waals surface area contributed by atoms with Gasteiger partial charge in [0.15, 0.2) is 16.6 Å². The van der Waals surface area contributed by atoms with Gasteiger partial charge in [-0.3, -0.25) is 5.43 Å². The Morgan fingerprint density at radius 3 is 2.96 bits per heavy atom. The van der Waals surface area contributed by atoms with Crippen molar-refractivity contribution >= 4 is 39.5 Å². The second kappa shape index (κ2) is 7.43. The summed E-state index contributed by atoms with van der Waals surface area (Å²) < 4.78 is 11.6. The zero-order valence-electron chi connectivity index (χ0n) is 12.1. The fraction of sp³-hybridized carbons (Fsp3) is 0.125. The van der Waals surface area contributed by atoms with Crippen molar-refractivity contribution in [2.24, 2.45) is 5.10 Å². The number of halogens is 1. The first-order valence-electron chi connectivity index (χ1n) is 6.92. The number of hydrogen-bond acceptors (Lipinski definition) is 4. The van der Waals surface area contributed by atoms with Gasteiger partial charge >= 0.3 is 0 Å². The van der Waals surface area contributed by atoms with Gasteiger partial charge in [0.2, 0.25) is 6.79 Å². The summed E-state index contributed by atoms with van der Waals surface area (Å²) >= 11 is 8.61. The molecule has 1 aliphatic rings. The summed E-state index contributed by atoms with van der Waals surface area (Å²) in [7, 11) is 0. The first-order chi connectivity index (χ1) is 11.2. The molecule has 0 unspecified atom stereocenters. The topological polar surface area (TPSA) is 54.9 Å². The standard InChI is InChI=1S/C16H14BrN3O2S/c17-13-3-1-2-11(6-13)9-19-20-16(23)18-8-12-4-5-14-15(7-12)22-10-21-14/h1-7,9H,8,10H2,(H2,18,20,23)/b19-9-. The van der Waals surface area contributed by atoms with Crippen LogP contribution in [0.1, 0.15) is 11.1 Å². The van der Waals surface area contributed by atoms with Crippen molar-refractivity contribution in [1.29, 1.82) is 0 Å². The van der Waals surface area contributed by atoms with Gasteiger partial charge in [0, 0.05) is 11.0 Å². The van der Waals surface area contributed by atoms with Gasteiger partial charge in [-0.2, -0.15) is 5.10 Å². The maximum Gasteiger partial charge on any atom is 0.231 e. The minimum absolute atomic E-state index is 0.274. The molecule has 2 aromatic rings. The van der Waals surface area contributed by atoms with Crippen LogP contribution >= 0.6 is 28.1 Å². The zero-order valence-corrected chi connectivity index (χ0v) is 14.5. The molecule has 1 aliphatic heterocycles. The monoisotopic (exact) mass is 391 g/mol. The van der Waals surface area contributed by atoms with E-state index < -0.39 is 0 Å². The maximum absolute atomic E-state index is 5.34. The number of nitrogens with one attached hydrogen (secondary N) is 2. The average Bonchev–Trinajstić information content (AvgIpc) is 3.00. The van der Waals surface area contributed by atoms with E-state index in [1.807, 2.05) is 42.5 Å². The third kappa shape index (κ3) is 4.43. The molecule has 0 spiro atoms. The quantitative estimate of drug-likeness (QED) is 0.476. The van der Waals surface area contributed by atoms with Crippen LogP contribution in [-0.2, 0) is 6.54 Å². The van der Waals surface area contributed by atoms with Gasteiger partial charge in [-0.15, -0.1) is 0 Å². The first-order valence-corrected chi connectivity index (χ1v) is 8.12. The summed E-state index contributed by atoms with van der Waals surface area (Å²) in [5.41, 5.74) is 4.82. The van der Waals surface area contributed by atoms with E-state index in [-0.39, 0.29) is 6.79 Å². The van der Waals surface area contributed by atoms with Gasteiger partial charge in [0.1, 0.15) is 0 Å². The Bertz CT molecular complexity index is 752. The third-order valence-electron chi connectivity index (χ3n) is 3.12. The highest BCUT2D eigenvalue weighted by Gasteiger charge is 2.12. The fourth-order valence-electron chi connectivity index (χ4n) is 2.03. The van der Waals surface area contributed by atoms with Crippen LogP contribution in [-0.4, -0.2) is 18.1 Å². The molecule has 118 valence electrons. The minimum Gasteiger partial charge on any atom is -0.454 e. The molecule has 7 heteroatoms. The Hall–Kier alpha value is -2.12. The maximum atomic E-state index is 5.34. The van der Waals surface area contributed by atoms with E-state index in [0.717, 1.165) is 27.1 Å². The molecule has 2 N–H and O–H groups in total. The second-order valence-corrected chi connectivity index (χ2v) is 6.12. The molecule has 0 aromatic heterocycles. The number of hydrazone groups is 1. The molecule has 0 amide bonds. The molecule has 0 atom stereocenters. The Labute approximate surface area is 147 Å². The van der Waals surface area contributed by atoms with E-state index in [1.54, 1.807) is 6.21 Å². The van der Waals surface area contributed by atoms with E-state index in [0.29, 0.717) is 11.7 Å². The Balaban J connectivity index is 1.48. The Morgan fingerprint density at radius 1 is 1.22 bits per heavy atom. The molecule has 1 heterocycles. The summed E-state index contributed by atoms with van der Waals surface area (Å²) in [6.45, 7) is 0.853. The highest BCUT2D eigenvalue weighted by molar-refractivity contribution is 9.10. The molecule has 0 aliphatic carbocycles. The SMILES string of the molecule is S=C(NCc1ccc2c(c1)OCO2)N/N=C\c1cccc(Br)c1. The predicted molar refractivity (Wildman–Crippen MR) is 96.9 cm³/mol. The lowest BCUT2D eigenvalue weighted by Gasteiger charge is -2.07. The highest BCUT2D eigenvalue weighted by Crippen LogP contribution is 2.32. The molecule has 0 bridgehead atoms. The van der Waals surface area contributed by atoms with Crippen molar-refractivity contribution in [3.05, 3.63) is 58.1 Å². The Morgan fingerprint density at radius 2 is 2.09 bits per heavy atom. The lowest BCUT2D eigenvalue weighted by Crippen LogP contribution is -2.31. The van der Waals surface area contributed by atoms with Gasteiger partial charge in [0.25, 0.3) is 0 Å². The number of thiocarbonyl (C=S) groups is 1. The molecule has 3 rings (SSSR count). The second-order valence-electron chi connectivity index (χ2n) is 4.80. The van der Waals surface area contributed by atoms with Crippen molar-refractivity contribution in [2.75, 3.05) is 6.79 Å². The molecular weight excluding hydrogens is 378 g/mol. The molecule has 0 saturated heterocycles. The van der Waals surface area contributed by atoms with Gasteiger partial charge in [0.05, 0.1) is 6.21 Å². The lowest BCUT2D eigenvalue weighted by molar-refractivity contribution is 0.174. The molecular formula is C16H14BrN3O2S. The van der Waals surface area contributed by atoms with Crippen LogP contribution in [0.25, 0.3) is 0 Å². The normalized spacial score (nSPS) is 12.4. The van der Waals surface area contributed by atoms with Gasteiger partial charge in [-0.25, -0.2) is 0 Å². The zero-order chi connectivity index (χ0) is 16.1. The van der Waals surface area contributed by atoms with Crippen LogP contribution < -0.4 is 20.2 Å². The Kier molecular flexibility index (Phi) is 5.09. The van der Waals surface area contributed by atoms with E-state index in [1.165, 1.54) is 0 Å². The van der Waals surface area contributed by atoms with Crippen LogP contribution in [0.2, 0.25) is 0 Å². The van der Waals surface area contributed by atoms with Gasteiger partial charge in [-0.1, -0.05) is 34.1 Å². The van der Waals surface area contributed by atoms with Gasteiger partial charge < -0.3 is 14.8 Å². The van der Waals surface area contributed by atoms with Crippen molar-refractivity contribution in [3.8, 4) is 11.5 Å². The number of benzene rings is 2. The van der Waals surface area contributed by atoms with E-state index in [2.05, 4.69) is 31.8 Å². The summed E-state index contributed by atoms with van der Waals surface area (Å²) in [5, 5.41) is 7.65. The van der Waals surface area contributed by atoms with Crippen LogP contribution in [0.3, 0.4) is 0 Å². The number of fused-ring (bicyclic) bond motifs is 1. The number of ether oxygens (including phenoxy) is 2. The fourth-order valence-corrected chi connectivity index (χ4v) is 2.57. The molecule has 2 aromatic carbocycles. The summed E-state index contributed by atoms with van der Waals surface area (Å²) in [6.07, 6.45) is 1.71. The molecule has 0 radical (unpaired) electrons. The summed E-state index contributed by atoms with van der Waals surface area (Å²) in [4.78, 5) is 0. The van der Waals surface area contributed by atoms with Crippen molar-refractivity contribution < 1.29 is 9.47 Å². The van der Waals surface area contributed by atoms with E-state index in [4.69, 9.17) is 21.7 Å². The van der Waals surface area contributed by atoms with Crippen LogP contribution in [0.4, 0.5) is 0 Å². The molecule has 0 saturated carbocycles. The lowest BCUT2D eigenvalue weighted by atomic mass is 10.2.